The summed E-state index contributed by atoms with van der Waals surface area (Å²) in [5.41, 5.74) is 0.303. The largest absolute Gasteiger partial charge is 0.469 e. The molecule has 0 spiro atoms. The molecule has 0 radical (unpaired) electrons. The highest BCUT2D eigenvalue weighted by atomic mass is 16.5. The number of likely N-dealkylation sites (tertiary alicyclic amines) is 1. The summed E-state index contributed by atoms with van der Waals surface area (Å²) in [5.74, 6) is 0.638. The van der Waals surface area contributed by atoms with Gasteiger partial charge in [-0.1, -0.05) is 13.8 Å². The van der Waals surface area contributed by atoms with Gasteiger partial charge in [-0.2, -0.15) is 0 Å². The molecule has 1 N–H and O–H groups in total. The van der Waals surface area contributed by atoms with Gasteiger partial charge in [0.05, 0.1) is 13.5 Å². The van der Waals surface area contributed by atoms with Crippen molar-refractivity contribution in [3.05, 3.63) is 0 Å². The van der Waals surface area contributed by atoms with Gasteiger partial charge in [-0.15, -0.1) is 0 Å². The van der Waals surface area contributed by atoms with Crippen LogP contribution in [0.25, 0.3) is 0 Å². The van der Waals surface area contributed by atoms with E-state index in [1.807, 2.05) is 0 Å². The van der Waals surface area contributed by atoms with Crippen LogP contribution >= 0.6 is 0 Å². The first kappa shape index (κ1) is 15.4. The van der Waals surface area contributed by atoms with Gasteiger partial charge in [0.1, 0.15) is 0 Å². The Balaban J connectivity index is 2.24. The molecule has 0 atom stereocenters. The summed E-state index contributed by atoms with van der Waals surface area (Å²) in [4.78, 5) is 13.4. The predicted octanol–water partition coefficient (Wildman–Crippen LogP) is 1.51. The minimum absolute atomic E-state index is 0.139. The van der Waals surface area contributed by atoms with Gasteiger partial charge in [0.2, 0.25) is 0 Å². The summed E-state index contributed by atoms with van der Waals surface area (Å²) in [6, 6.07) is 0. The quantitative estimate of drug-likeness (QED) is 0.578. The van der Waals surface area contributed by atoms with E-state index in [1.165, 1.54) is 33.0 Å². The Bertz CT molecular complexity index is 259. The number of hydrogen-bond acceptors (Lipinski definition) is 4. The maximum absolute atomic E-state index is 11.0. The molecule has 0 aromatic rings. The second-order valence-corrected chi connectivity index (χ2v) is 6.07. The zero-order chi connectivity index (χ0) is 13.6. The van der Waals surface area contributed by atoms with Crippen molar-refractivity contribution in [3.8, 4) is 0 Å². The Hall–Kier alpha value is -0.610. The van der Waals surface area contributed by atoms with E-state index in [2.05, 4.69) is 35.8 Å². The van der Waals surface area contributed by atoms with Crippen LogP contribution in [0.5, 0.6) is 0 Å². The van der Waals surface area contributed by atoms with E-state index in [0.29, 0.717) is 18.4 Å². The predicted molar refractivity (Wildman–Crippen MR) is 73.5 cm³/mol. The van der Waals surface area contributed by atoms with Crippen LogP contribution in [0.3, 0.4) is 0 Å². The van der Waals surface area contributed by atoms with E-state index in [9.17, 15) is 4.79 Å². The molecule has 1 saturated heterocycles. The van der Waals surface area contributed by atoms with Gasteiger partial charge < -0.3 is 15.0 Å². The maximum atomic E-state index is 11.0. The second kappa shape index (κ2) is 7.10. The van der Waals surface area contributed by atoms with E-state index in [4.69, 9.17) is 0 Å². The second-order valence-electron chi connectivity index (χ2n) is 6.07. The molecule has 0 aliphatic carbocycles. The SMILES string of the molecule is COC(=O)CCNCC(C)(C)C1CCN(C)CC1. The monoisotopic (exact) mass is 256 g/mol. The van der Waals surface area contributed by atoms with Crippen LogP contribution in [0.2, 0.25) is 0 Å². The fraction of sp³-hybridized carbons (Fsp3) is 0.929. The van der Waals surface area contributed by atoms with Crippen LogP contribution < -0.4 is 5.32 Å². The highest BCUT2D eigenvalue weighted by Gasteiger charge is 2.31. The number of carbonyl (C=O) groups is 1. The molecule has 0 saturated carbocycles. The van der Waals surface area contributed by atoms with E-state index >= 15 is 0 Å². The Morgan fingerprint density at radius 2 is 2.00 bits per heavy atom. The van der Waals surface area contributed by atoms with E-state index in [1.54, 1.807) is 0 Å². The molecular formula is C14H28N2O2. The van der Waals surface area contributed by atoms with Crippen molar-refractivity contribution in [3.63, 3.8) is 0 Å². The summed E-state index contributed by atoms with van der Waals surface area (Å²) in [6.45, 7) is 8.75. The van der Waals surface area contributed by atoms with Gasteiger partial charge >= 0.3 is 5.97 Å². The summed E-state index contributed by atoms with van der Waals surface area (Å²) >= 11 is 0. The summed E-state index contributed by atoms with van der Waals surface area (Å²) in [6.07, 6.45) is 3.02. The molecular weight excluding hydrogens is 228 g/mol. The van der Waals surface area contributed by atoms with Crippen LogP contribution in [0.15, 0.2) is 0 Å². The number of carbonyl (C=O) groups excluding carboxylic acids is 1. The van der Waals surface area contributed by atoms with Crippen molar-refractivity contribution in [1.29, 1.82) is 0 Å². The average molecular weight is 256 g/mol. The number of nitrogens with one attached hydrogen (secondary N) is 1. The van der Waals surface area contributed by atoms with Gasteiger partial charge in [-0.05, 0) is 44.3 Å². The number of hydrogen-bond donors (Lipinski definition) is 1. The topological polar surface area (TPSA) is 41.6 Å². The zero-order valence-electron chi connectivity index (χ0n) is 12.3. The number of piperidine rings is 1. The summed E-state index contributed by atoms with van der Waals surface area (Å²) in [5, 5.41) is 3.38. The Labute approximate surface area is 111 Å². The van der Waals surface area contributed by atoms with Gasteiger partial charge in [0.25, 0.3) is 0 Å². The molecule has 106 valence electrons. The van der Waals surface area contributed by atoms with Gasteiger partial charge in [0, 0.05) is 13.1 Å². The fourth-order valence-corrected chi connectivity index (χ4v) is 2.64. The third kappa shape index (κ3) is 4.94. The molecule has 1 heterocycles. The molecule has 1 rings (SSSR count). The van der Waals surface area contributed by atoms with Crippen LogP contribution in [-0.2, 0) is 9.53 Å². The number of nitrogens with zero attached hydrogens (tertiary/aromatic N) is 1. The molecule has 4 heteroatoms. The van der Waals surface area contributed by atoms with Crippen LogP contribution in [0.1, 0.15) is 33.1 Å². The Morgan fingerprint density at radius 1 is 1.39 bits per heavy atom. The molecule has 0 aromatic heterocycles. The van der Waals surface area contributed by atoms with Crippen LogP contribution in [0, 0.1) is 11.3 Å². The number of rotatable bonds is 6. The van der Waals surface area contributed by atoms with E-state index < -0.39 is 0 Å². The molecule has 1 fully saturated rings. The lowest BCUT2D eigenvalue weighted by molar-refractivity contribution is -0.140. The van der Waals surface area contributed by atoms with Crippen molar-refractivity contribution in [2.24, 2.45) is 11.3 Å². The van der Waals surface area contributed by atoms with E-state index in [-0.39, 0.29) is 5.97 Å². The first-order valence-electron chi connectivity index (χ1n) is 6.92. The number of esters is 1. The standard InChI is InChI=1S/C14H28N2O2/c1-14(2,11-15-8-5-13(17)18-4)12-6-9-16(3)10-7-12/h12,15H,5-11H2,1-4H3. The average Bonchev–Trinajstić information content (AvgIpc) is 2.35. The minimum Gasteiger partial charge on any atom is -0.469 e. The molecule has 0 bridgehead atoms. The number of ether oxygens (including phenoxy) is 1. The van der Waals surface area contributed by atoms with Crippen molar-refractivity contribution in [1.82, 2.24) is 10.2 Å². The van der Waals surface area contributed by atoms with Crippen molar-refractivity contribution in [2.75, 3.05) is 40.3 Å². The van der Waals surface area contributed by atoms with Gasteiger partial charge in [-0.3, -0.25) is 4.79 Å². The fourth-order valence-electron chi connectivity index (χ4n) is 2.64. The molecule has 4 nitrogen and oxygen atoms in total. The minimum atomic E-state index is -0.139. The van der Waals surface area contributed by atoms with Crippen LogP contribution in [-0.4, -0.2) is 51.2 Å². The van der Waals surface area contributed by atoms with E-state index in [0.717, 1.165) is 12.5 Å². The molecule has 1 aliphatic rings. The van der Waals surface area contributed by atoms with Gasteiger partial charge in [-0.25, -0.2) is 0 Å². The Morgan fingerprint density at radius 3 is 2.56 bits per heavy atom. The van der Waals surface area contributed by atoms with Crippen molar-refractivity contribution in [2.45, 2.75) is 33.1 Å². The molecule has 0 aromatic carbocycles. The molecule has 0 amide bonds. The van der Waals surface area contributed by atoms with Crippen molar-refractivity contribution >= 4 is 5.97 Å². The number of methoxy groups -OCH3 is 1. The molecule has 0 unspecified atom stereocenters. The first-order chi connectivity index (χ1) is 8.45. The summed E-state index contributed by atoms with van der Waals surface area (Å²) in [7, 11) is 3.63. The third-order valence-electron chi connectivity index (χ3n) is 4.14. The summed E-state index contributed by atoms with van der Waals surface area (Å²) < 4.78 is 4.63. The highest BCUT2D eigenvalue weighted by molar-refractivity contribution is 5.69. The normalized spacial score (nSPS) is 18.9. The van der Waals surface area contributed by atoms with Crippen molar-refractivity contribution < 1.29 is 9.53 Å². The smallest absolute Gasteiger partial charge is 0.306 e. The lowest BCUT2D eigenvalue weighted by Crippen LogP contribution is -2.42. The lowest BCUT2D eigenvalue weighted by Gasteiger charge is -2.40. The zero-order valence-corrected chi connectivity index (χ0v) is 12.3. The Kier molecular flexibility index (Phi) is 6.09. The highest BCUT2D eigenvalue weighted by Crippen LogP contribution is 2.34. The molecule has 1 aliphatic heterocycles. The first-order valence-corrected chi connectivity index (χ1v) is 6.92. The third-order valence-corrected chi connectivity index (χ3v) is 4.14. The lowest BCUT2D eigenvalue weighted by atomic mass is 9.73. The maximum Gasteiger partial charge on any atom is 0.306 e. The molecule has 18 heavy (non-hydrogen) atoms. The van der Waals surface area contributed by atoms with Gasteiger partial charge in [0.15, 0.2) is 0 Å². The van der Waals surface area contributed by atoms with Crippen LogP contribution in [0.4, 0.5) is 0 Å².